The summed E-state index contributed by atoms with van der Waals surface area (Å²) in [4.78, 5) is 22.8. The van der Waals surface area contributed by atoms with Gasteiger partial charge in [0.25, 0.3) is 0 Å². The van der Waals surface area contributed by atoms with Gasteiger partial charge in [-0.15, -0.1) is 0 Å². The van der Waals surface area contributed by atoms with E-state index in [-0.39, 0.29) is 18.1 Å². The summed E-state index contributed by atoms with van der Waals surface area (Å²) in [6.07, 6.45) is 14.7. The van der Waals surface area contributed by atoms with Crippen LogP contribution in [0.2, 0.25) is 0 Å². The standard InChI is InChI=1S/C31H44FN5O2/c1-5-6-7-8-9-22(2)23-10-14-25(15-11-23)34-29-33-19-18-27(35-29)28-20-36(31(3,4)21-38)30(39)37(28)26-16-12-24(32)13-17-26/h12-13,16-20,22-23,25,38H,5-11,14-15,21H2,1-4H3,(H,33,34,35). The molecule has 2 heterocycles. The van der Waals surface area contributed by atoms with Crippen molar-refractivity contribution in [3.05, 3.63) is 59.0 Å². The van der Waals surface area contributed by atoms with Gasteiger partial charge in [0.2, 0.25) is 5.95 Å². The van der Waals surface area contributed by atoms with Crippen molar-refractivity contribution in [2.45, 2.75) is 97.1 Å². The number of unbranched alkanes of at least 4 members (excludes halogenated alkanes) is 3. The predicted molar refractivity (Wildman–Crippen MR) is 155 cm³/mol. The number of nitrogens with one attached hydrogen (secondary N) is 1. The number of benzene rings is 1. The molecule has 3 aromatic rings. The highest BCUT2D eigenvalue weighted by molar-refractivity contribution is 5.59. The zero-order valence-corrected chi connectivity index (χ0v) is 23.9. The minimum absolute atomic E-state index is 0.212. The molecule has 39 heavy (non-hydrogen) atoms. The van der Waals surface area contributed by atoms with Gasteiger partial charge in [0, 0.05) is 18.4 Å². The Hall–Kier alpha value is -3.00. The van der Waals surface area contributed by atoms with Gasteiger partial charge in [-0.05, 0) is 81.7 Å². The molecule has 1 aliphatic carbocycles. The first kappa shape index (κ1) is 29.0. The maximum Gasteiger partial charge on any atom is 0.333 e. The normalized spacial score (nSPS) is 18.7. The van der Waals surface area contributed by atoms with Gasteiger partial charge in [-0.25, -0.2) is 19.2 Å². The van der Waals surface area contributed by atoms with Crippen LogP contribution < -0.4 is 11.0 Å². The number of hydrogen-bond donors (Lipinski definition) is 2. The molecule has 0 aliphatic heterocycles. The molecule has 4 rings (SSSR count). The molecule has 2 N–H and O–H groups in total. The molecule has 2 aromatic heterocycles. The monoisotopic (exact) mass is 537 g/mol. The molecule has 0 spiro atoms. The van der Waals surface area contributed by atoms with Gasteiger partial charge in [-0.1, -0.05) is 46.0 Å². The topological polar surface area (TPSA) is 85.0 Å². The van der Waals surface area contributed by atoms with E-state index in [9.17, 15) is 14.3 Å². The number of hydrogen-bond acceptors (Lipinski definition) is 5. The molecule has 1 aliphatic rings. The molecule has 0 bridgehead atoms. The second-order valence-corrected chi connectivity index (χ2v) is 11.8. The summed E-state index contributed by atoms with van der Waals surface area (Å²) in [5.74, 6) is 1.72. The Bertz CT molecular complexity index is 1260. The van der Waals surface area contributed by atoms with Crippen molar-refractivity contribution >= 4 is 5.95 Å². The van der Waals surface area contributed by atoms with Crippen molar-refractivity contribution in [1.82, 2.24) is 19.1 Å². The lowest BCUT2D eigenvalue weighted by Crippen LogP contribution is -2.39. The van der Waals surface area contributed by atoms with E-state index in [1.54, 1.807) is 44.4 Å². The second-order valence-electron chi connectivity index (χ2n) is 11.8. The van der Waals surface area contributed by atoms with Crippen LogP contribution in [0.4, 0.5) is 10.3 Å². The SMILES string of the molecule is CCCCCCC(C)C1CCC(Nc2nccc(-c3cn(C(C)(C)CO)c(=O)n3-c3ccc(F)cc3)n2)CC1. The molecule has 7 nitrogen and oxygen atoms in total. The molecule has 8 heteroatoms. The zero-order valence-electron chi connectivity index (χ0n) is 23.9. The van der Waals surface area contributed by atoms with Crippen LogP contribution in [-0.4, -0.2) is 36.9 Å². The van der Waals surface area contributed by atoms with Crippen LogP contribution in [0.5, 0.6) is 0 Å². The largest absolute Gasteiger partial charge is 0.394 e. The van der Waals surface area contributed by atoms with E-state index < -0.39 is 5.54 Å². The van der Waals surface area contributed by atoms with E-state index >= 15 is 0 Å². The first-order chi connectivity index (χ1) is 18.7. The van der Waals surface area contributed by atoms with Crippen LogP contribution in [-0.2, 0) is 5.54 Å². The maximum absolute atomic E-state index is 13.6. The Labute approximate surface area is 231 Å². The average molecular weight is 538 g/mol. The molecule has 1 aromatic carbocycles. The molecule has 212 valence electrons. The summed E-state index contributed by atoms with van der Waals surface area (Å²) in [5, 5.41) is 13.5. The molecule has 0 radical (unpaired) electrons. The van der Waals surface area contributed by atoms with E-state index in [0.717, 1.165) is 24.7 Å². The molecular formula is C31H44FN5O2. The highest BCUT2D eigenvalue weighted by atomic mass is 19.1. The number of anilines is 1. The Balaban J connectivity index is 1.51. The van der Waals surface area contributed by atoms with Crippen molar-refractivity contribution in [3.63, 3.8) is 0 Å². The lowest BCUT2D eigenvalue weighted by atomic mass is 9.77. The van der Waals surface area contributed by atoms with Crippen molar-refractivity contribution in [2.24, 2.45) is 11.8 Å². The van der Waals surface area contributed by atoms with Crippen LogP contribution in [0.3, 0.4) is 0 Å². The molecule has 1 unspecified atom stereocenters. The Kier molecular flexibility index (Phi) is 9.59. The lowest BCUT2D eigenvalue weighted by molar-refractivity contribution is 0.161. The van der Waals surface area contributed by atoms with Crippen molar-refractivity contribution in [3.8, 4) is 17.1 Å². The number of nitrogens with zero attached hydrogens (tertiary/aromatic N) is 4. The van der Waals surface area contributed by atoms with Crippen molar-refractivity contribution in [2.75, 3.05) is 11.9 Å². The third-order valence-corrected chi connectivity index (χ3v) is 8.35. The quantitative estimate of drug-likeness (QED) is 0.256. The average Bonchev–Trinajstić information content (AvgIpc) is 3.30. The number of imidazole rings is 1. The van der Waals surface area contributed by atoms with Gasteiger partial charge in [0.05, 0.1) is 29.2 Å². The smallest absolute Gasteiger partial charge is 0.333 e. The molecule has 1 atom stereocenters. The molecule has 0 saturated heterocycles. The molecular weight excluding hydrogens is 493 g/mol. The lowest BCUT2D eigenvalue weighted by Gasteiger charge is -2.32. The predicted octanol–water partition coefficient (Wildman–Crippen LogP) is 6.54. The summed E-state index contributed by atoms with van der Waals surface area (Å²) in [6, 6.07) is 7.89. The van der Waals surface area contributed by atoms with Crippen molar-refractivity contribution in [1.29, 1.82) is 0 Å². The third-order valence-electron chi connectivity index (χ3n) is 8.35. The van der Waals surface area contributed by atoms with Crippen LogP contribution in [0, 0.1) is 17.7 Å². The summed E-state index contributed by atoms with van der Waals surface area (Å²) in [5.41, 5.74) is 0.511. The maximum atomic E-state index is 13.6. The fourth-order valence-electron chi connectivity index (χ4n) is 5.69. The zero-order chi connectivity index (χ0) is 28.0. The van der Waals surface area contributed by atoms with E-state index in [1.165, 1.54) is 66.2 Å². The van der Waals surface area contributed by atoms with Gasteiger partial charge < -0.3 is 10.4 Å². The molecule has 1 saturated carbocycles. The Morgan fingerprint density at radius 2 is 1.82 bits per heavy atom. The minimum Gasteiger partial charge on any atom is -0.394 e. The summed E-state index contributed by atoms with van der Waals surface area (Å²) >= 11 is 0. The van der Waals surface area contributed by atoms with E-state index in [0.29, 0.717) is 29.1 Å². The van der Waals surface area contributed by atoms with Gasteiger partial charge in [0.15, 0.2) is 0 Å². The van der Waals surface area contributed by atoms with E-state index in [1.807, 2.05) is 0 Å². The first-order valence-corrected chi connectivity index (χ1v) is 14.5. The Morgan fingerprint density at radius 3 is 2.49 bits per heavy atom. The number of rotatable bonds is 12. The molecule has 1 fully saturated rings. The minimum atomic E-state index is -0.822. The first-order valence-electron chi connectivity index (χ1n) is 14.5. The van der Waals surface area contributed by atoms with Gasteiger partial charge >= 0.3 is 5.69 Å². The van der Waals surface area contributed by atoms with Crippen LogP contribution in [0.15, 0.2) is 47.5 Å². The molecule has 0 amide bonds. The highest BCUT2D eigenvalue weighted by Gasteiger charge is 2.27. The number of aliphatic hydroxyl groups excluding tert-OH is 1. The second kappa shape index (κ2) is 12.9. The van der Waals surface area contributed by atoms with Crippen molar-refractivity contribution < 1.29 is 9.50 Å². The number of halogens is 1. The van der Waals surface area contributed by atoms with Crippen LogP contribution in [0.25, 0.3) is 17.1 Å². The highest BCUT2D eigenvalue weighted by Crippen LogP contribution is 2.34. The van der Waals surface area contributed by atoms with E-state index in [2.05, 4.69) is 24.1 Å². The fraction of sp³-hybridized carbons (Fsp3) is 0.581. The number of aliphatic hydroxyl groups is 1. The third kappa shape index (κ3) is 6.96. The van der Waals surface area contributed by atoms with E-state index in [4.69, 9.17) is 4.98 Å². The fourth-order valence-corrected chi connectivity index (χ4v) is 5.69. The van der Waals surface area contributed by atoms with Gasteiger partial charge in [-0.2, -0.15) is 0 Å². The summed E-state index contributed by atoms with van der Waals surface area (Å²) < 4.78 is 16.7. The number of aromatic nitrogens is 4. The Morgan fingerprint density at radius 1 is 1.10 bits per heavy atom. The van der Waals surface area contributed by atoms with Crippen LogP contribution in [0.1, 0.15) is 85.5 Å². The van der Waals surface area contributed by atoms with Gasteiger partial charge in [0.1, 0.15) is 5.82 Å². The summed E-state index contributed by atoms with van der Waals surface area (Å²) in [6.45, 7) is 8.05. The van der Waals surface area contributed by atoms with Gasteiger partial charge in [-0.3, -0.25) is 9.13 Å². The van der Waals surface area contributed by atoms with Crippen LogP contribution >= 0.6 is 0 Å². The summed E-state index contributed by atoms with van der Waals surface area (Å²) in [7, 11) is 0.